The Hall–Kier alpha value is -2.36. The monoisotopic (exact) mass is 271 g/mol. The number of carboxylic acid groups (broad SMARTS) is 1. The molecule has 0 aliphatic rings. The average molecular weight is 271 g/mol. The normalized spacial score (nSPS) is 12.1. The first kappa shape index (κ1) is 14.1. The van der Waals surface area contributed by atoms with Crippen molar-refractivity contribution in [1.29, 1.82) is 0 Å². The summed E-state index contributed by atoms with van der Waals surface area (Å²) in [5, 5.41) is 13.6. The van der Waals surface area contributed by atoms with Crippen LogP contribution in [0.2, 0.25) is 0 Å². The van der Waals surface area contributed by atoms with Crippen molar-refractivity contribution in [3.63, 3.8) is 0 Å². The number of aliphatic carboxylic acids is 1. The van der Waals surface area contributed by atoms with Crippen molar-refractivity contribution in [2.75, 3.05) is 5.32 Å². The molecule has 1 unspecified atom stereocenters. The van der Waals surface area contributed by atoms with Gasteiger partial charge in [-0.2, -0.15) is 0 Å². The Morgan fingerprint density at radius 2 is 1.80 bits per heavy atom. The van der Waals surface area contributed by atoms with E-state index in [2.05, 4.69) is 5.32 Å². The summed E-state index contributed by atoms with van der Waals surface area (Å²) < 4.78 is 0. The van der Waals surface area contributed by atoms with E-state index >= 15 is 0 Å². The highest BCUT2D eigenvalue weighted by Crippen LogP contribution is 2.23. The van der Waals surface area contributed by atoms with Gasteiger partial charge in [0.05, 0.1) is 0 Å². The molecule has 0 heterocycles. The molecule has 4 heteroatoms. The lowest BCUT2D eigenvalue weighted by molar-refractivity contribution is -0.138. The van der Waals surface area contributed by atoms with Gasteiger partial charge in [-0.3, -0.25) is 9.59 Å². The Balaban J connectivity index is 2.08. The summed E-state index contributed by atoms with van der Waals surface area (Å²) in [4.78, 5) is 22.5. The van der Waals surface area contributed by atoms with Crippen LogP contribution in [0.1, 0.15) is 19.8 Å². The molecule has 0 saturated carbocycles. The minimum Gasteiger partial charge on any atom is -0.481 e. The van der Waals surface area contributed by atoms with Crippen molar-refractivity contribution < 1.29 is 14.7 Å². The maximum absolute atomic E-state index is 11.9. The zero-order valence-corrected chi connectivity index (χ0v) is 11.3. The summed E-state index contributed by atoms with van der Waals surface area (Å²) in [6.45, 7) is 1.76. The van der Waals surface area contributed by atoms with Crippen molar-refractivity contribution in [3.05, 3.63) is 42.5 Å². The van der Waals surface area contributed by atoms with E-state index in [1.165, 1.54) is 0 Å². The van der Waals surface area contributed by atoms with Gasteiger partial charge in [0.1, 0.15) is 0 Å². The average Bonchev–Trinajstić information content (AvgIpc) is 2.38. The number of carbonyl (C=O) groups is 2. The molecule has 104 valence electrons. The molecule has 0 fully saturated rings. The van der Waals surface area contributed by atoms with Crippen LogP contribution < -0.4 is 5.32 Å². The molecule has 0 aliphatic heterocycles. The topological polar surface area (TPSA) is 66.4 Å². The van der Waals surface area contributed by atoms with Gasteiger partial charge in [-0.05, 0) is 17.4 Å². The lowest BCUT2D eigenvalue weighted by Crippen LogP contribution is -2.17. The van der Waals surface area contributed by atoms with Crippen LogP contribution in [0.5, 0.6) is 0 Å². The fourth-order valence-corrected chi connectivity index (χ4v) is 2.22. The number of hydrogen-bond acceptors (Lipinski definition) is 2. The third kappa shape index (κ3) is 3.57. The molecular weight excluding hydrogens is 254 g/mol. The predicted molar refractivity (Wildman–Crippen MR) is 78.6 cm³/mol. The molecule has 0 aromatic heterocycles. The summed E-state index contributed by atoms with van der Waals surface area (Å²) in [5.74, 6) is -1.21. The van der Waals surface area contributed by atoms with Gasteiger partial charge >= 0.3 is 5.97 Å². The van der Waals surface area contributed by atoms with E-state index in [9.17, 15) is 9.59 Å². The van der Waals surface area contributed by atoms with Crippen LogP contribution in [-0.2, 0) is 9.59 Å². The first-order chi connectivity index (χ1) is 9.56. The second kappa shape index (κ2) is 6.19. The molecule has 2 aromatic carbocycles. The molecule has 0 saturated heterocycles. The quantitative estimate of drug-likeness (QED) is 0.877. The largest absolute Gasteiger partial charge is 0.481 e. The Morgan fingerprint density at radius 3 is 2.55 bits per heavy atom. The number of carboxylic acids is 1. The van der Waals surface area contributed by atoms with Gasteiger partial charge < -0.3 is 10.4 Å². The van der Waals surface area contributed by atoms with E-state index in [0.717, 1.165) is 16.5 Å². The minimum atomic E-state index is -0.879. The predicted octanol–water partition coefficient (Wildman–Crippen LogP) is 3.28. The first-order valence-electron chi connectivity index (χ1n) is 6.55. The fraction of sp³-hybridized carbons (Fsp3) is 0.250. The van der Waals surface area contributed by atoms with Crippen molar-refractivity contribution in [3.8, 4) is 0 Å². The Bertz CT molecular complexity index is 631. The Kier molecular flexibility index (Phi) is 4.35. The molecule has 0 spiro atoms. The summed E-state index contributed by atoms with van der Waals surface area (Å²) >= 11 is 0. The number of fused-ring (bicyclic) bond motifs is 1. The third-order valence-electron chi connectivity index (χ3n) is 3.12. The molecule has 0 bridgehead atoms. The van der Waals surface area contributed by atoms with E-state index in [-0.39, 0.29) is 24.7 Å². The maximum Gasteiger partial charge on any atom is 0.303 e. The fourth-order valence-electron chi connectivity index (χ4n) is 2.22. The van der Waals surface area contributed by atoms with Crippen LogP contribution in [0, 0.1) is 5.92 Å². The smallest absolute Gasteiger partial charge is 0.303 e. The molecule has 1 amide bonds. The SMILES string of the molecule is CC(CC(=O)O)CC(=O)Nc1cccc2ccccc12. The number of hydrogen-bond donors (Lipinski definition) is 2. The molecule has 20 heavy (non-hydrogen) atoms. The number of rotatable bonds is 5. The van der Waals surface area contributed by atoms with Gasteiger partial charge in [-0.15, -0.1) is 0 Å². The summed E-state index contributed by atoms with van der Waals surface area (Å²) in [6.07, 6.45) is 0.207. The van der Waals surface area contributed by atoms with Gasteiger partial charge in [-0.1, -0.05) is 43.3 Å². The van der Waals surface area contributed by atoms with Crippen molar-refractivity contribution in [1.82, 2.24) is 0 Å². The van der Waals surface area contributed by atoms with Crippen LogP contribution in [0.25, 0.3) is 10.8 Å². The summed E-state index contributed by atoms with van der Waals surface area (Å²) in [5.41, 5.74) is 0.760. The molecule has 0 radical (unpaired) electrons. The lowest BCUT2D eigenvalue weighted by Gasteiger charge is -2.11. The zero-order valence-electron chi connectivity index (χ0n) is 11.3. The van der Waals surface area contributed by atoms with E-state index in [1.54, 1.807) is 6.92 Å². The highest BCUT2D eigenvalue weighted by atomic mass is 16.4. The number of anilines is 1. The minimum absolute atomic E-state index is 0.00293. The van der Waals surface area contributed by atoms with Crippen LogP contribution in [0.4, 0.5) is 5.69 Å². The van der Waals surface area contributed by atoms with E-state index in [1.807, 2.05) is 42.5 Å². The maximum atomic E-state index is 11.9. The molecule has 4 nitrogen and oxygen atoms in total. The standard InChI is InChI=1S/C16H17NO3/c1-11(10-16(19)20)9-15(18)17-14-8-4-6-12-5-2-3-7-13(12)14/h2-8,11H,9-10H2,1H3,(H,17,18)(H,19,20). The highest BCUT2D eigenvalue weighted by Gasteiger charge is 2.13. The Labute approximate surface area is 117 Å². The number of nitrogens with one attached hydrogen (secondary N) is 1. The second-order valence-electron chi connectivity index (χ2n) is 4.98. The van der Waals surface area contributed by atoms with Gasteiger partial charge in [-0.25, -0.2) is 0 Å². The van der Waals surface area contributed by atoms with Crippen LogP contribution in [0.15, 0.2) is 42.5 Å². The van der Waals surface area contributed by atoms with Gasteiger partial charge in [0.15, 0.2) is 0 Å². The molecule has 0 aliphatic carbocycles. The molecule has 2 rings (SSSR count). The van der Waals surface area contributed by atoms with E-state index < -0.39 is 5.97 Å². The van der Waals surface area contributed by atoms with Crippen molar-refractivity contribution in [2.24, 2.45) is 5.92 Å². The highest BCUT2D eigenvalue weighted by molar-refractivity contribution is 6.02. The van der Waals surface area contributed by atoms with Crippen LogP contribution in [0.3, 0.4) is 0 Å². The van der Waals surface area contributed by atoms with Gasteiger partial charge in [0.2, 0.25) is 5.91 Å². The second-order valence-corrected chi connectivity index (χ2v) is 4.98. The van der Waals surface area contributed by atoms with Crippen molar-refractivity contribution in [2.45, 2.75) is 19.8 Å². The molecule has 1 atom stereocenters. The van der Waals surface area contributed by atoms with Crippen molar-refractivity contribution >= 4 is 28.3 Å². The van der Waals surface area contributed by atoms with Gasteiger partial charge in [0, 0.05) is 23.9 Å². The molecule has 2 aromatic rings. The zero-order chi connectivity index (χ0) is 14.5. The Morgan fingerprint density at radius 1 is 1.10 bits per heavy atom. The van der Waals surface area contributed by atoms with E-state index in [4.69, 9.17) is 5.11 Å². The summed E-state index contributed by atoms with van der Waals surface area (Å²) in [6, 6.07) is 13.5. The van der Waals surface area contributed by atoms with Crippen LogP contribution in [-0.4, -0.2) is 17.0 Å². The van der Waals surface area contributed by atoms with E-state index in [0.29, 0.717) is 0 Å². The lowest BCUT2D eigenvalue weighted by atomic mass is 10.0. The molecular formula is C16H17NO3. The number of carbonyl (C=O) groups excluding carboxylic acids is 1. The number of benzene rings is 2. The van der Waals surface area contributed by atoms with Crippen LogP contribution >= 0.6 is 0 Å². The van der Waals surface area contributed by atoms with Gasteiger partial charge in [0.25, 0.3) is 0 Å². The third-order valence-corrected chi connectivity index (χ3v) is 3.12. The first-order valence-corrected chi connectivity index (χ1v) is 6.55. The number of amides is 1. The molecule has 2 N–H and O–H groups in total. The summed E-state index contributed by atoms with van der Waals surface area (Å²) in [7, 11) is 0.